The molecular formula is C25H24ClFN2OS. The third-order valence-electron chi connectivity index (χ3n) is 5.40. The number of hydrogen-bond donors (Lipinski definition) is 2. The fraction of sp³-hybridized carbons (Fsp3) is 0.240. The fourth-order valence-electron chi connectivity index (χ4n) is 3.66. The molecule has 1 amide bonds. The maximum atomic E-state index is 13.0. The standard InChI is InChI=1S/C25H24ClFN2OS/c26-23-10-7-19-11-13-28-14-12-22(19)24(23)31-16-18-1-5-20(6-2-18)25(30)29-15-17-3-8-21(27)9-4-17/h1-10,28H,11-16H2,(H,29,30). The third kappa shape index (κ3) is 5.67. The molecule has 2 N–H and O–H groups in total. The van der Waals surface area contributed by atoms with Crippen molar-refractivity contribution < 1.29 is 9.18 Å². The molecule has 0 bridgehead atoms. The summed E-state index contributed by atoms with van der Waals surface area (Å²) in [6.45, 7) is 2.34. The number of nitrogens with one attached hydrogen (secondary N) is 2. The van der Waals surface area contributed by atoms with Crippen LogP contribution < -0.4 is 10.6 Å². The molecule has 0 spiro atoms. The van der Waals surface area contributed by atoms with Crippen molar-refractivity contribution in [3.63, 3.8) is 0 Å². The summed E-state index contributed by atoms with van der Waals surface area (Å²) >= 11 is 8.28. The Balaban J connectivity index is 1.37. The average Bonchev–Trinajstić information content (AvgIpc) is 3.04. The number of carbonyl (C=O) groups excluding carboxylic acids is 1. The molecule has 0 aliphatic carbocycles. The first kappa shape index (κ1) is 21.9. The van der Waals surface area contributed by atoms with Crippen LogP contribution in [0.1, 0.15) is 32.6 Å². The normalized spacial score (nSPS) is 13.4. The van der Waals surface area contributed by atoms with Crippen LogP contribution in [-0.2, 0) is 25.1 Å². The van der Waals surface area contributed by atoms with Gasteiger partial charge in [0.15, 0.2) is 0 Å². The van der Waals surface area contributed by atoms with Crippen LogP contribution in [0.2, 0.25) is 5.02 Å². The molecule has 4 rings (SSSR count). The van der Waals surface area contributed by atoms with Gasteiger partial charge in [-0.25, -0.2) is 4.39 Å². The molecule has 0 radical (unpaired) electrons. The predicted molar refractivity (Wildman–Crippen MR) is 125 cm³/mol. The monoisotopic (exact) mass is 454 g/mol. The molecule has 160 valence electrons. The van der Waals surface area contributed by atoms with Crippen LogP contribution in [0.4, 0.5) is 4.39 Å². The quantitative estimate of drug-likeness (QED) is 0.490. The Morgan fingerprint density at radius 3 is 2.45 bits per heavy atom. The number of benzene rings is 3. The molecule has 0 atom stereocenters. The van der Waals surface area contributed by atoms with Gasteiger partial charge >= 0.3 is 0 Å². The molecule has 1 heterocycles. The van der Waals surface area contributed by atoms with E-state index in [0.717, 1.165) is 47.8 Å². The molecule has 0 saturated heterocycles. The lowest BCUT2D eigenvalue weighted by Crippen LogP contribution is -2.22. The Bertz CT molecular complexity index is 1050. The summed E-state index contributed by atoms with van der Waals surface area (Å²) in [5.74, 6) is 0.363. The fourth-order valence-corrected chi connectivity index (χ4v) is 5.12. The molecular weight excluding hydrogens is 431 g/mol. The number of hydrogen-bond acceptors (Lipinski definition) is 3. The summed E-state index contributed by atoms with van der Waals surface area (Å²) in [5.41, 5.74) is 5.34. The van der Waals surface area contributed by atoms with Crippen molar-refractivity contribution in [1.29, 1.82) is 0 Å². The first-order valence-electron chi connectivity index (χ1n) is 10.4. The van der Waals surface area contributed by atoms with E-state index >= 15 is 0 Å². The highest BCUT2D eigenvalue weighted by Gasteiger charge is 2.15. The van der Waals surface area contributed by atoms with Crippen LogP contribution in [0.25, 0.3) is 0 Å². The van der Waals surface area contributed by atoms with Gasteiger partial charge in [-0.05, 0) is 78.5 Å². The van der Waals surface area contributed by atoms with Crippen LogP contribution in [0, 0.1) is 5.82 Å². The van der Waals surface area contributed by atoms with Gasteiger partial charge in [0.2, 0.25) is 0 Å². The van der Waals surface area contributed by atoms with E-state index in [1.54, 1.807) is 23.9 Å². The molecule has 1 aliphatic heterocycles. The zero-order valence-electron chi connectivity index (χ0n) is 17.1. The maximum absolute atomic E-state index is 13.0. The van der Waals surface area contributed by atoms with E-state index in [-0.39, 0.29) is 11.7 Å². The number of thioether (sulfide) groups is 1. The molecule has 3 aromatic rings. The van der Waals surface area contributed by atoms with Crippen LogP contribution >= 0.6 is 23.4 Å². The third-order valence-corrected chi connectivity index (χ3v) is 7.06. The minimum absolute atomic E-state index is 0.146. The minimum Gasteiger partial charge on any atom is -0.348 e. The van der Waals surface area contributed by atoms with Gasteiger partial charge in [-0.1, -0.05) is 41.9 Å². The SMILES string of the molecule is O=C(NCc1ccc(F)cc1)c1ccc(CSc2c(Cl)ccc3c2CCNCC3)cc1. The Hall–Kier alpha value is -2.34. The molecule has 6 heteroatoms. The summed E-state index contributed by atoms with van der Waals surface area (Å²) in [7, 11) is 0. The first-order chi connectivity index (χ1) is 15.1. The van der Waals surface area contributed by atoms with Crippen molar-refractivity contribution in [3.8, 4) is 0 Å². The lowest BCUT2D eigenvalue weighted by Gasteiger charge is -2.14. The maximum Gasteiger partial charge on any atom is 0.251 e. The topological polar surface area (TPSA) is 41.1 Å². The van der Waals surface area contributed by atoms with Gasteiger partial charge < -0.3 is 10.6 Å². The predicted octanol–water partition coefficient (Wildman–Crippen LogP) is 5.39. The lowest BCUT2D eigenvalue weighted by atomic mass is 10.0. The Morgan fingerprint density at radius 1 is 0.968 bits per heavy atom. The molecule has 31 heavy (non-hydrogen) atoms. The van der Waals surface area contributed by atoms with E-state index < -0.39 is 0 Å². The van der Waals surface area contributed by atoms with E-state index in [4.69, 9.17) is 11.6 Å². The number of halogens is 2. The highest BCUT2D eigenvalue weighted by molar-refractivity contribution is 7.98. The number of fused-ring (bicyclic) bond motifs is 1. The second-order valence-electron chi connectivity index (χ2n) is 7.56. The van der Waals surface area contributed by atoms with Crippen LogP contribution in [0.15, 0.2) is 65.6 Å². The van der Waals surface area contributed by atoms with E-state index in [1.165, 1.54) is 28.2 Å². The Morgan fingerprint density at radius 2 is 1.68 bits per heavy atom. The Labute approximate surface area is 191 Å². The van der Waals surface area contributed by atoms with Crippen LogP contribution in [0.5, 0.6) is 0 Å². The summed E-state index contributed by atoms with van der Waals surface area (Å²) in [4.78, 5) is 13.6. The Kier molecular flexibility index (Phi) is 7.28. The van der Waals surface area contributed by atoms with Gasteiger partial charge in [-0.3, -0.25) is 4.79 Å². The van der Waals surface area contributed by atoms with E-state index in [1.807, 2.05) is 30.3 Å². The van der Waals surface area contributed by atoms with E-state index in [2.05, 4.69) is 16.7 Å². The highest BCUT2D eigenvalue weighted by Crippen LogP contribution is 2.36. The molecule has 0 unspecified atom stereocenters. The summed E-state index contributed by atoms with van der Waals surface area (Å²) in [5, 5.41) is 7.13. The van der Waals surface area contributed by atoms with Gasteiger partial charge in [-0.15, -0.1) is 11.8 Å². The largest absolute Gasteiger partial charge is 0.348 e. The van der Waals surface area contributed by atoms with Crippen molar-refractivity contribution in [2.45, 2.75) is 30.0 Å². The van der Waals surface area contributed by atoms with Gasteiger partial charge in [0.25, 0.3) is 5.91 Å². The summed E-state index contributed by atoms with van der Waals surface area (Å²) in [6, 6.07) is 17.9. The lowest BCUT2D eigenvalue weighted by molar-refractivity contribution is 0.0951. The second-order valence-corrected chi connectivity index (χ2v) is 8.95. The number of rotatable bonds is 6. The molecule has 3 nitrogen and oxygen atoms in total. The van der Waals surface area contributed by atoms with Crippen molar-refractivity contribution >= 4 is 29.3 Å². The van der Waals surface area contributed by atoms with Gasteiger partial charge in [0, 0.05) is 22.8 Å². The van der Waals surface area contributed by atoms with Gasteiger partial charge in [0.1, 0.15) is 5.82 Å². The molecule has 1 aliphatic rings. The van der Waals surface area contributed by atoms with E-state index in [0.29, 0.717) is 12.1 Å². The number of carbonyl (C=O) groups is 1. The van der Waals surface area contributed by atoms with Crippen molar-refractivity contribution in [2.24, 2.45) is 0 Å². The summed E-state index contributed by atoms with van der Waals surface area (Å²) in [6.07, 6.45) is 2.02. The molecule has 0 fully saturated rings. The smallest absolute Gasteiger partial charge is 0.251 e. The molecule has 3 aromatic carbocycles. The second kappa shape index (κ2) is 10.3. The van der Waals surface area contributed by atoms with E-state index in [9.17, 15) is 9.18 Å². The van der Waals surface area contributed by atoms with Gasteiger partial charge in [0.05, 0.1) is 5.02 Å². The molecule has 0 saturated carbocycles. The van der Waals surface area contributed by atoms with Gasteiger partial charge in [-0.2, -0.15) is 0 Å². The van der Waals surface area contributed by atoms with Crippen molar-refractivity contribution in [2.75, 3.05) is 13.1 Å². The van der Waals surface area contributed by atoms with Crippen molar-refractivity contribution in [3.05, 3.63) is 99.3 Å². The minimum atomic E-state index is -0.284. The summed E-state index contributed by atoms with van der Waals surface area (Å²) < 4.78 is 13.0. The zero-order valence-corrected chi connectivity index (χ0v) is 18.7. The van der Waals surface area contributed by atoms with Crippen molar-refractivity contribution in [1.82, 2.24) is 10.6 Å². The first-order valence-corrected chi connectivity index (χ1v) is 11.7. The van der Waals surface area contributed by atoms with Crippen LogP contribution in [0.3, 0.4) is 0 Å². The van der Waals surface area contributed by atoms with Crippen LogP contribution in [-0.4, -0.2) is 19.0 Å². The number of amides is 1. The zero-order chi connectivity index (χ0) is 21.6. The molecule has 0 aromatic heterocycles. The highest BCUT2D eigenvalue weighted by atomic mass is 35.5. The average molecular weight is 455 g/mol.